The Morgan fingerprint density at radius 3 is 2.33 bits per heavy atom. The Bertz CT molecular complexity index is 680. The van der Waals surface area contributed by atoms with Crippen LogP contribution in [0.25, 0.3) is 0 Å². The Kier molecular flexibility index (Phi) is 9.07. The highest BCUT2D eigenvalue weighted by Gasteiger charge is 2.20. The predicted molar refractivity (Wildman–Crippen MR) is 98.8 cm³/mol. The van der Waals surface area contributed by atoms with Crippen molar-refractivity contribution in [1.82, 2.24) is 16.0 Å². The molecule has 9 nitrogen and oxygen atoms in total. The minimum atomic E-state index is -0.809. The van der Waals surface area contributed by atoms with Gasteiger partial charge < -0.3 is 26.4 Å². The van der Waals surface area contributed by atoms with Gasteiger partial charge in [0, 0.05) is 11.6 Å². The van der Waals surface area contributed by atoms with Crippen LogP contribution in [0.15, 0.2) is 24.3 Å². The van der Waals surface area contributed by atoms with Crippen molar-refractivity contribution >= 4 is 35.4 Å². The molecule has 1 aromatic rings. The van der Waals surface area contributed by atoms with E-state index in [9.17, 15) is 19.2 Å². The second-order valence-electron chi connectivity index (χ2n) is 5.66. The zero-order chi connectivity index (χ0) is 20.4. The van der Waals surface area contributed by atoms with Crippen molar-refractivity contribution in [2.24, 2.45) is 5.73 Å². The third-order valence-electron chi connectivity index (χ3n) is 3.45. The van der Waals surface area contributed by atoms with E-state index in [1.807, 2.05) is 0 Å². The van der Waals surface area contributed by atoms with Gasteiger partial charge in [0.2, 0.25) is 5.91 Å². The molecule has 2 atom stereocenters. The standard InChI is InChI=1S/C17H23ClN4O5/c1-3-20-16(25)10(2)21-14(23)9-27-15(24)8-13(22-17(19)26)11-4-6-12(18)7-5-11/h4-7,10,13H,3,8-9H2,1-2H3,(H,20,25)(H,21,23)(H3,19,22,26)/t10-,13-/m1/s1. The van der Waals surface area contributed by atoms with Crippen molar-refractivity contribution in [3.63, 3.8) is 0 Å². The lowest BCUT2D eigenvalue weighted by Gasteiger charge is -2.18. The number of benzene rings is 1. The molecule has 0 saturated carbocycles. The minimum Gasteiger partial charge on any atom is -0.456 e. The van der Waals surface area contributed by atoms with Crippen LogP contribution < -0.4 is 21.7 Å². The molecule has 5 N–H and O–H groups in total. The molecule has 0 spiro atoms. The fourth-order valence-corrected chi connectivity index (χ4v) is 2.29. The molecule has 0 fully saturated rings. The van der Waals surface area contributed by atoms with E-state index < -0.39 is 36.6 Å². The fourth-order valence-electron chi connectivity index (χ4n) is 2.17. The zero-order valence-electron chi connectivity index (χ0n) is 15.1. The summed E-state index contributed by atoms with van der Waals surface area (Å²) in [6, 6.07) is 4.19. The van der Waals surface area contributed by atoms with Crippen LogP contribution in [-0.2, 0) is 19.1 Å². The van der Waals surface area contributed by atoms with Gasteiger partial charge in [-0.25, -0.2) is 4.79 Å². The molecule has 0 bridgehead atoms. The SMILES string of the molecule is CCNC(=O)[C@@H](C)NC(=O)COC(=O)C[C@@H](NC(N)=O)c1ccc(Cl)cc1. The molecule has 0 heterocycles. The molecular weight excluding hydrogens is 376 g/mol. The molecular formula is C17H23ClN4O5. The molecule has 0 aromatic heterocycles. The van der Waals surface area contributed by atoms with Gasteiger partial charge in [-0.2, -0.15) is 0 Å². The predicted octanol–water partition coefficient (Wildman–Crippen LogP) is 0.624. The van der Waals surface area contributed by atoms with E-state index in [2.05, 4.69) is 16.0 Å². The highest BCUT2D eigenvalue weighted by molar-refractivity contribution is 6.30. The number of hydrogen-bond donors (Lipinski definition) is 4. The normalized spacial score (nSPS) is 12.4. The van der Waals surface area contributed by atoms with E-state index in [1.165, 1.54) is 6.92 Å². The van der Waals surface area contributed by atoms with Gasteiger partial charge in [-0.05, 0) is 31.5 Å². The summed E-state index contributed by atoms with van der Waals surface area (Å²) in [4.78, 5) is 46.5. The average Bonchev–Trinajstić information content (AvgIpc) is 2.60. The van der Waals surface area contributed by atoms with Crippen LogP contribution in [0.2, 0.25) is 5.02 Å². The number of nitrogens with two attached hydrogens (primary N) is 1. The van der Waals surface area contributed by atoms with Crippen LogP contribution in [0.1, 0.15) is 31.9 Å². The number of halogens is 1. The van der Waals surface area contributed by atoms with E-state index in [0.717, 1.165) is 0 Å². The molecule has 0 saturated heterocycles. The van der Waals surface area contributed by atoms with E-state index in [0.29, 0.717) is 17.1 Å². The quantitative estimate of drug-likeness (QED) is 0.451. The first kappa shape index (κ1) is 22.2. The van der Waals surface area contributed by atoms with Crippen molar-refractivity contribution in [3.8, 4) is 0 Å². The van der Waals surface area contributed by atoms with Crippen molar-refractivity contribution in [2.75, 3.05) is 13.2 Å². The van der Waals surface area contributed by atoms with Gasteiger partial charge in [0.25, 0.3) is 5.91 Å². The summed E-state index contributed by atoms with van der Waals surface area (Å²) < 4.78 is 4.90. The third kappa shape index (κ3) is 8.41. The zero-order valence-corrected chi connectivity index (χ0v) is 15.8. The number of carbonyl (C=O) groups is 4. The molecule has 148 valence electrons. The number of likely N-dealkylation sites (N-methyl/N-ethyl adjacent to an activating group) is 1. The first-order valence-electron chi connectivity index (χ1n) is 8.27. The van der Waals surface area contributed by atoms with E-state index >= 15 is 0 Å². The number of rotatable bonds is 9. The van der Waals surface area contributed by atoms with Gasteiger partial charge >= 0.3 is 12.0 Å². The van der Waals surface area contributed by atoms with Crippen molar-refractivity contribution in [2.45, 2.75) is 32.4 Å². The third-order valence-corrected chi connectivity index (χ3v) is 3.70. The minimum absolute atomic E-state index is 0.232. The Labute approximate surface area is 161 Å². The molecule has 1 aromatic carbocycles. The van der Waals surface area contributed by atoms with Crippen LogP contribution in [0.3, 0.4) is 0 Å². The number of esters is 1. The van der Waals surface area contributed by atoms with Gasteiger partial charge in [-0.1, -0.05) is 23.7 Å². The molecule has 10 heteroatoms. The topological polar surface area (TPSA) is 140 Å². The number of urea groups is 1. The molecule has 0 aliphatic rings. The van der Waals surface area contributed by atoms with Gasteiger partial charge in [-0.3, -0.25) is 14.4 Å². The maximum Gasteiger partial charge on any atom is 0.312 e. The number of ether oxygens (including phenoxy) is 1. The summed E-state index contributed by atoms with van der Waals surface area (Å²) in [7, 11) is 0. The average molecular weight is 399 g/mol. The van der Waals surface area contributed by atoms with Gasteiger partial charge in [0.15, 0.2) is 6.61 Å². The highest BCUT2D eigenvalue weighted by atomic mass is 35.5. The Morgan fingerprint density at radius 1 is 1.15 bits per heavy atom. The maximum absolute atomic E-state index is 12.0. The van der Waals surface area contributed by atoms with Crippen LogP contribution in [0.4, 0.5) is 4.79 Å². The molecule has 0 radical (unpaired) electrons. The molecule has 0 aliphatic carbocycles. The Balaban J connectivity index is 2.56. The Hall–Kier alpha value is -2.81. The number of amides is 4. The summed E-state index contributed by atoms with van der Waals surface area (Å²) in [5.41, 5.74) is 5.74. The second-order valence-corrected chi connectivity index (χ2v) is 6.10. The number of carbonyl (C=O) groups excluding carboxylic acids is 4. The van der Waals surface area contributed by atoms with Crippen LogP contribution in [-0.4, -0.2) is 43.0 Å². The highest BCUT2D eigenvalue weighted by Crippen LogP contribution is 2.19. The molecule has 4 amide bonds. The number of hydrogen-bond acceptors (Lipinski definition) is 5. The van der Waals surface area contributed by atoms with Crippen molar-refractivity contribution < 1.29 is 23.9 Å². The van der Waals surface area contributed by atoms with Crippen LogP contribution in [0, 0.1) is 0 Å². The van der Waals surface area contributed by atoms with Crippen LogP contribution >= 0.6 is 11.6 Å². The lowest BCUT2D eigenvalue weighted by atomic mass is 10.0. The van der Waals surface area contributed by atoms with Crippen LogP contribution in [0.5, 0.6) is 0 Å². The second kappa shape index (κ2) is 11.0. The monoisotopic (exact) mass is 398 g/mol. The smallest absolute Gasteiger partial charge is 0.312 e. The van der Waals surface area contributed by atoms with Gasteiger partial charge in [0.1, 0.15) is 6.04 Å². The van der Waals surface area contributed by atoms with Crippen molar-refractivity contribution in [1.29, 1.82) is 0 Å². The molecule has 1 rings (SSSR count). The largest absolute Gasteiger partial charge is 0.456 e. The summed E-state index contributed by atoms with van der Waals surface area (Å²) in [5, 5.41) is 7.90. The number of nitrogens with one attached hydrogen (secondary N) is 3. The Morgan fingerprint density at radius 2 is 1.78 bits per heavy atom. The maximum atomic E-state index is 12.0. The lowest BCUT2D eigenvalue weighted by molar-refractivity contribution is -0.149. The van der Waals surface area contributed by atoms with Gasteiger partial charge in [0.05, 0.1) is 12.5 Å². The van der Waals surface area contributed by atoms with E-state index in [4.69, 9.17) is 22.1 Å². The summed E-state index contributed by atoms with van der Waals surface area (Å²) in [6.45, 7) is 3.16. The summed E-state index contributed by atoms with van der Waals surface area (Å²) in [5.74, 6) is -1.68. The number of primary amides is 1. The van der Waals surface area contributed by atoms with E-state index in [-0.39, 0.29) is 12.3 Å². The molecule has 27 heavy (non-hydrogen) atoms. The molecule has 0 aliphatic heterocycles. The van der Waals surface area contributed by atoms with Crippen molar-refractivity contribution in [3.05, 3.63) is 34.9 Å². The van der Waals surface area contributed by atoms with E-state index in [1.54, 1.807) is 31.2 Å². The fraction of sp³-hybridized carbons (Fsp3) is 0.412. The molecule has 0 unspecified atom stereocenters. The summed E-state index contributed by atoms with van der Waals surface area (Å²) in [6.07, 6.45) is -0.232. The first-order chi connectivity index (χ1) is 12.7. The first-order valence-corrected chi connectivity index (χ1v) is 8.64. The lowest BCUT2D eigenvalue weighted by Crippen LogP contribution is -2.46. The summed E-state index contributed by atoms with van der Waals surface area (Å²) >= 11 is 5.82. The van der Waals surface area contributed by atoms with Gasteiger partial charge in [-0.15, -0.1) is 0 Å².